The van der Waals surface area contributed by atoms with Crippen molar-refractivity contribution >= 4 is 29.1 Å². The third-order valence-electron chi connectivity index (χ3n) is 7.60. The molecule has 0 bridgehead atoms. The van der Waals surface area contributed by atoms with Crippen LogP contribution in [0.5, 0.6) is 5.88 Å². The Morgan fingerprint density at radius 1 is 1.14 bits per heavy atom. The lowest BCUT2D eigenvalue weighted by molar-refractivity contribution is -0.138. The molecule has 2 saturated heterocycles. The van der Waals surface area contributed by atoms with Gasteiger partial charge in [-0.25, -0.2) is 9.97 Å². The van der Waals surface area contributed by atoms with E-state index in [4.69, 9.17) is 21.3 Å². The second-order valence-electron chi connectivity index (χ2n) is 10.4. The number of pyridine rings is 2. The van der Waals surface area contributed by atoms with Gasteiger partial charge in [-0.1, -0.05) is 18.5 Å². The number of ether oxygens (including phenoxy) is 1. The maximum Gasteiger partial charge on any atom is 0.417 e. The zero-order valence-corrected chi connectivity index (χ0v) is 24.5. The fourth-order valence-electron chi connectivity index (χ4n) is 5.30. The smallest absolute Gasteiger partial charge is 0.417 e. The molecule has 0 radical (unpaired) electrons. The maximum absolute atomic E-state index is 13.7. The lowest BCUT2D eigenvalue weighted by Gasteiger charge is -2.43. The van der Waals surface area contributed by atoms with E-state index in [1.165, 1.54) is 11.0 Å². The van der Waals surface area contributed by atoms with Gasteiger partial charge in [-0.3, -0.25) is 9.59 Å². The zero-order chi connectivity index (χ0) is 30.7. The summed E-state index contributed by atoms with van der Waals surface area (Å²) in [5.41, 5.74) is 0.443. The van der Waals surface area contributed by atoms with Gasteiger partial charge in [0, 0.05) is 50.0 Å². The van der Waals surface area contributed by atoms with Crippen molar-refractivity contribution in [2.24, 2.45) is 0 Å². The molecular weight excluding hydrogens is 585 g/mol. The number of hydrogen-bond acceptors (Lipinski definition) is 7. The third-order valence-corrected chi connectivity index (χ3v) is 7.84. The van der Waals surface area contributed by atoms with Crippen LogP contribution in [0.4, 0.5) is 18.9 Å². The van der Waals surface area contributed by atoms with Crippen molar-refractivity contribution in [3.8, 4) is 17.1 Å². The SMILES string of the molecule is CCOc1ncccc1-c1ccc(N2CCN(C(=O)c3ccc(Cl)cc3C(F)(F)F)C[C@H]2CC)c(C(=O)NC2CNC2)n1. The van der Waals surface area contributed by atoms with Crippen LogP contribution in [0.15, 0.2) is 48.7 Å². The number of halogens is 4. The summed E-state index contributed by atoms with van der Waals surface area (Å²) < 4.78 is 46.9. The van der Waals surface area contributed by atoms with Crippen LogP contribution in [-0.4, -0.2) is 78.1 Å². The summed E-state index contributed by atoms with van der Waals surface area (Å²) in [5.74, 6) is -0.653. The molecule has 2 fully saturated rings. The largest absolute Gasteiger partial charge is 0.477 e. The van der Waals surface area contributed by atoms with Crippen LogP contribution in [-0.2, 0) is 6.18 Å². The number of nitrogens with zero attached hydrogens (tertiary/aromatic N) is 4. The minimum atomic E-state index is -4.73. The van der Waals surface area contributed by atoms with Gasteiger partial charge in [-0.05, 0) is 55.8 Å². The van der Waals surface area contributed by atoms with Crippen LogP contribution in [0.2, 0.25) is 5.02 Å². The Hall–Kier alpha value is -3.90. The molecule has 2 amide bonds. The first-order valence-electron chi connectivity index (χ1n) is 14.1. The summed E-state index contributed by atoms with van der Waals surface area (Å²) in [5, 5.41) is 6.05. The topological polar surface area (TPSA) is 99.7 Å². The maximum atomic E-state index is 13.7. The average molecular weight is 617 g/mol. The molecule has 1 atom stereocenters. The van der Waals surface area contributed by atoms with E-state index >= 15 is 0 Å². The van der Waals surface area contributed by atoms with Crippen molar-refractivity contribution in [1.29, 1.82) is 0 Å². The number of benzene rings is 1. The molecule has 43 heavy (non-hydrogen) atoms. The van der Waals surface area contributed by atoms with E-state index in [0.29, 0.717) is 55.5 Å². The molecule has 5 rings (SSSR count). The minimum absolute atomic E-state index is 0.0261. The van der Waals surface area contributed by atoms with Gasteiger partial charge in [0.2, 0.25) is 5.88 Å². The van der Waals surface area contributed by atoms with Gasteiger partial charge in [0.1, 0.15) is 0 Å². The highest BCUT2D eigenvalue weighted by molar-refractivity contribution is 6.30. The molecule has 2 aliphatic heterocycles. The lowest BCUT2D eigenvalue weighted by atomic mass is 10.0. The molecule has 228 valence electrons. The van der Waals surface area contributed by atoms with Gasteiger partial charge in [-0.15, -0.1) is 0 Å². The molecule has 2 aromatic heterocycles. The van der Waals surface area contributed by atoms with Crippen molar-refractivity contribution in [3.63, 3.8) is 0 Å². The summed E-state index contributed by atoms with van der Waals surface area (Å²) in [6.07, 6.45) is -2.54. The number of amides is 2. The highest BCUT2D eigenvalue weighted by Crippen LogP contribution is 2.36. The van der Waals surface area contributed by atoms with Gasteiger partial charge in [0.25, 0.3) is 11.8 Å². The Kier molecular flexibility index (Phi) is 9.07. The highest BCUT2D eigenvalue weighted by Gasteiger charge is 2.38. The van der Waals surface area contributed by atoms with E-state index in [9.17, 15) is 22.8 Å². The summed E-state index contributed by atoms with van der Waals surface area (Å²) in [7, 11) is 0. The van der Waals surface area contributed by atoms with Crippen LogP contribution >= 0.6 is 11.6 Å². The Bertz CT molecular complexity index is 1500. The number of alkyl halides is 3. The van der Waals surface area contributed by atoms with Gasteiger partial charge < -0.3 is 25.2 Å². The van der Waals surface area contributed by atoms with E-state index in [1.807, 2.05) is 30.9 Å². The quantitative estimate of drug-likeness (QED) is 0.380. The Balaban J connectivity index is 1.46. The minimum Gasteiger partial charge on any atom is -0.477 e. The van der Waals surface area contributed by atoms with Crippen molar-refractivity contribution in [2.45, 2.75) is 38.5 Å². The van der Waals surface area contributed by atoms with Crippen molar-refractivity contribution < 1.29 is 27.5 Å². The molecule has 3 aromatic rings. The van der Waals surface area contributed by atoms with E-state index in [2.05, 4.69) is 15.6 Å². The summed E-state index contributed by atoms with van der Waals surface area (Å²) >= 11 is 5.82. The van der Waals surface area contributed by atoms with Gasteiger partial charge >= 0.3 is 6.18 Å². The number of piperazine rings is 1. The molecular formula is C30H32ClF3N6O3. The monoisotopic (exact) mass is 616 g/mol. The Labute approximate surface area is 252 Å². The second kappa shape index (κ2) is 12.8. The molecule has 0 saturated carbocycles. The molecule has 13 heteroatoms. The predicted octanol–water partition coefficient (Wildman–Crippen LogP) is 4.66. The van der Waals surface area contributed by atoms with Crippen molar-refractivity contribution in [2.75, 3.05) is 44.2 Å². The molecule has 0 unspecified atom stereocenters. The van der Waals surface area contributed by atoms with Gasteiger partial charge in [-0.2, -0.15) is 13.2 Å². The van der Waals surface area contributed by atoms with Gasteiger partial charge in [0.15, 0.2) is 5.69 Å². The van der Waals surface area contributed by atoms with Crippen LogP contribution in [0, 0.1) is 0 Å². The Morgan fingerprint density at radius 3 is 2.60 bits per heavy atom. The standard InChI is InChI=1S/C30H32ClF3N6O3/c1-3-20-17-39(29(42)21-8-7-18(31)14-23(21)30(32,33)34)12-13-40(20)25-10-9-24(22-6-5-11-36-28(22)43-4-2)38-26(25)27(41)37-19-15-35-16-19/h5-11,14,19-20,35H,3-4,12-13,15-17H2,1-2H3,(H,37,41)/t20-/m1/s1. The van der Waals surface area contributed by atoms with E-state index < -0.39 is 23.2 Å². The summed E-state index contributed by atoms with van der Waals surface area (Å²) in [4.78, 5) is 39.4. The average Bonchev–Trinajstić information content (AvgIpc) is 2.98. The van der Waals surface area contributed by atoms with E-state index in [-0.39, 0.29) is 41.8 Å². The van der Waals surface area contributed by atoms with E-state index in [1.54, 1.807) is 18.3 Å². The normalized spacial score (nSPS) is 17.4. The molecule has 9 nitrogen and oxygen atoms in total. The number of hydrogen-bond donors (Lipinski definition) is 2. The first-order chi connectivity index (χ1) is 20.6. The molecule has 0 aliphatic carbocycles. The molecule has 4 heterocycles. The summed E-state index contributed by atoms with van der Waals surface area (Å²) in [6, 6.07) is 10.1. The Morgan fingerprint density at radius 2 is 1.93 bits per heavy atom. The predicted molar refractivity (Wildman–Crippen MR) is 157 cm³/mol. The fourth-order valence-corrected chi connectivity index (χ4v) is 5.47. The third kappa shape index (κ3) is 6.54. The van der Waals surface area contributed by atoms with Crippen molar-refractivity contribution in [1.82, 2.24) is 25.5 Å². The fraction of sp³-hybridized carbons (Fsp3) is 0.400. The first-order valence-corrected chi connectivity index (χ1v) is 14.5. The zero-order valence-electron chi connectivity index (χ0n) is 23.7. The van der Waals surface area contributed by atoms with Crippen molar-refractivity contribution in [3.05, 3.63) is 70.5 Å². The number of carbonyl (C=O) groups excluding carboxylic acids is 2. The lowest BCUT2D eigenvalue weighted by Crippen LogP contribution is -2.57. The van der Waals surface area contributed by atoms with Gasteiger partial charge in [0.05, 0.1) is 40.7 Å². The second-order valence-corrected chi connectivity index (χ2v) is 10.8. The molecule has 2 aliphatic rings. The number of nitrogens with one attached hydrogen (secondary N) is 2. The first kappa shape index (κ1) is 30.6. The van der Waals surface area contributed by atoms with Crippen LogP contribution < -0.4 is 20.3 Å². The number of anilines is 1. The van der Waals surface area contributed by atoms with E-state index in [0.717, 1.165) is 12.1 Å². The van der Waals surface area contributed by atoms with Crippen LogP contribution in [0.25, 0.3) is 11.3 Å². The number of rotatable bonds is 8. The molecule has 2 N–H and O–H groups in total. The summed E-state index contributed by atoms with van der Waals surface area (Å²) in [6.45, 7) is 6.12. The highest BCUT2D eigenvalue weighted by atomic mass is 35.5. The van der Waals surface area contributed by atoms with Crippen LogP contribution in [0.1, 0.15) is 46.7 Å². The molecule has 0 spiro atoms. The van der Waals surface area contributed by atoms with Crippen LogP contribution in [0.3, 0.4) is 0 Å². The number of aromatic nitrogens is 2. The molecule has 1 aromatic carbocycles. The number of carbonyl (C=O) groups is 2.